The highest BCUT2D eigenvalue weighted by Crippen LogP contribution is 2.10. The number of thiol groups is 1. The van der Waals surface area contributed by atoms with Crippen LogP contribution in [0, 0.1) is 0 Å². The molecule has 0 aliphatic rings. The summed E-state index contributed by atoms with van der Waals surface area (Å²) in [5, 5.41) is 10.5. The molecule has 0 saturated carbocycles. The van der Waals surface area contributed by atoms with Crippen LogP contribution in [0.25, 0.3) is 6.08 Å². The molecule has 0 amide bonds. The van der Waals surface area contributed by atoms with Crippen molar-refractivity contribution in [3.05, 3.63) is 35.2 Å². The van der Waals surface area contributed by atoms with Gasteiger partial charge in [0.25, 0.3) is 0 Å². The summed E-state index contributed by atoms with van der Waals surface area (Å²) in [5.74, 6) is 0.288. The summed E-state index contributed by atoms with van der Waals surface area (Å²) in [7, 11) is 0. The number of benzene rings is 1. The molecule has 0 radical (unpaired) electrons. The van der Waals surface area contributed by atoms with Crippen molar-refractivity contribution >= 4 is 18.7 Å². The molecule has 10 heavy (non-hydrogen) atoms. The fourth-order valence-electron chi connectivity index (χ4n) is 0.671. The maximum Gasteiger partial charge on any atom is 0.115 e. The van der Waals surface area contributed by atoms with Gasteiger partial charge in [0, 0.05) is 0 Å². The summed E-state index contributed by atoms with van der Waals surface area (Å²) in [4.78, 5) is 0. The summed E-state index contributed by atoms with van der Waals surface area (Å²) in [6, 6.07) is 6.93. The Balaban J connectivity index is 2.89. The number of hydrogen-bond acceptors (Lipinski definition) is 2. The van der Waals surface area contributed by atoms with E-state index in [-0.39, 0.29) is 5.75 Å². The number of rotatable bonds is 1. The van der Waals surface area contributed by atoms with Crippen molar-refractivity contribution in [2.45, 2.75) is 0 Å². The van der Waals surface area contributed by atoms with Gasteiger partial charge in [-0.1, -0.05) is 12.1 Å². The van der Waals surface area contributed by atoms with Crippen molar-refractivity contribution in [3.8, 4) is 5.75 Å². The maximum atomic E-state index is 8.88. The van der Waals surface area contributed by atoms with Crippen LogP contribution in [-0.2, 0) is 0 Å². The lowest BCUT2D eigenvalue weighted by molar-refractivity contribution is 0.475. The number of phenols is 1. The quantitative estimate of drug-likeness (QED) is 0.591. The van der Waals surface area contributed by atoms with Crippen molar-refractivity contribution in [2.24, 2.45) is 0 Å². The summed E-state index contributed by atoms with van der Waals surface area (Å²) in [5.41, 5.74) is 1.04. The fraction of sp³-hybridized carbons (Fsp3) is 0. The minimum Gasteiger partial charge on any atom is -0.508 e. The van der Waals surface area contributed by atoms with Crippen LogP contribution in [0.2, 0.25) is 0 Å². The molecule has 0 aliphatic carbocycles. The zero-order valence-electron chi connectivity index (χ0n) is 5.36. The lowest BCUT2D eigenvalue weighted by Gasteiger charge is -1.91. The highest BCUT2D eigenvalue weighted by Gasteiger charge is 1.85. The van der Waals surface area contributed by atoms with E-state index in [9.17, 15) is 0 Å². The van der Waals surface area contributed by atoms with Crippen LogP contribution in [0.3, 0.4) is 0 Å². The first-order valence-corrected chi connectivity index (χ1v) is 3.44. The average molecular weight is 152 g/mol. The molecule has 0 aromatic heterocycles. The standard InChI is InChI=1S/C8H8OS/c9-8-3-1-7(2-4-8)5-6-10/h1-6,9-10H. The molecule has 52 valence electrons. The Morgan fingerprint density at radius 2 is 1.80 bits per heavy atom. The zero-order valence-corrected chi connectivity index (χ0v) is 6.25. The number of phenolic OH excluding ortho intramolecular Hbond substituents is 1. The Hall–Kier alpha value is -0.890. The summed E-state index contributed by atoms with van der Waals surface area (Å²) in [6.45, 7) is 0. The first-order chi connectivity index (χ1) is 4.83. The molecular weight excluding hydrogens is 144 g/mol. The molecule has 0 heterocycles. The van der Waals surface area contributed by atoms with Gasteiger partial charge in [0.2, 0.25) is 0 Å². The van der Waals surface area contributed by atoms with Gasteiger partial charge in [-0.2, -0.15) is 12.6 Å². The average Bonchev–Trinajstić information content (AvgIpc) is 1.95. The largest absolute Gasteiger partial charge is 0.508 e. The number of aromatic hydroxyl groups is 1. The molecule has 2 heteroatoms. The van der Waals surface area contributed by atoms with Gasteiger partial charge in [-0.25, -0.2) is 0 Å². The number of hydrogen-bond donors (Lipinski definition) is 2. The Labute approximate surface area is 65.4 Å². The molecule has 0 unspecified atom stereocenters. The van der Waals surface area contributed by atoms with Crippen molar-refractivity contribution in [1.29, 1.82) is 0 Å². The highest BCUT2D eigenvalue weighted by molar-refractivity contribution is 7.83. The van der Waals surface area contributed by atoms with Crippen molar-refractivity contribution in [3.63, 3.8) is 0 Å². The summed E-state index contributed by atoms with van der Waals surface area (Å²) < 4.78 is 0. The van der Waals surface area contributed by atoms with E-state index in [1.165, 1.54) is 0 Å². The smallest absolute Gasteiger partial charge is 0.115 e. The van der Waals surface area contributed by atoms with E-state index in [0.717, 1.165) is 5.56 Å². The van der Waals surface area contributed by atoms with Crippen LogP contribution in [0.4, 0.5) is 0 Å². The Kier molecular flexibility index (Phi) is 2.40. The normalized spacial score (nSPS) is 10.5. The SMILES string of the molecule is Oc1ccc(C=CS)cc1. The van der Waals surface area contributed by atoms with Crippen molar-refractivity contribution in [2.75, 3.05) is 0 Å². The third kappa shape index (κ3) is 1.81. The lowest BCUT2D eigenvalue weighted by Crippen LogP contribution is -1.68. The first kappa shape index (κ1) is 7.22. The molecule has 1 aromatic rings. The van der Waals surface area contributed by atoms with Gasteiger partial charge in [-0.3, -0.25) is 0 Å². The van der Waals surface area contributed by atoms with E-state index < -0.39 is 0 Å². The van der Waals surface area contributed by atoms with E-state index in [2.05, 4.69) is 12.6 Å². The molecule has 0 bridgehead atoms. The van der Waals surface area contributed by atoms with Gasteiger partial charge in [-0.05, 0) is 29.2 Å². The molecular formula is C8H8OS. The van der Waals surface area contributed by atoms with Crippen LogP contribution >= 0.6 is 12.6 Å². The minimum absolute atomic E-state index is 0.288. The van der Waals surface area contributed by atoms with E-state index in [1.54, 1.807) is 17.5 Å². The van der Waals surface area contributed by atoms with Gasteiger partial charge in [0.05, 0.1) is 0 Å². The van der Waals surface area contributed by atoms with Crippen LogP contribution in [0.1, 0.15) is 5.56 Å². The molecule has 0 atom stereocenters. The van der Waals surface area contributed by atoms with Gasteiger partial charge >= 0.3 is 0 Å². The summed E-state index contributed by atoms with van der Waals surface area (Å²) in [6.07, 6.45) is 1.85. The third-order valence-electron chi connectivity index (χ3n) is 1.16. The Bertz CT molecular complexity index is 226. The van der Waals surface area contributed by atoms with Gasteiger partial charge in [-0.15, -0.1) is 0 Å². The maximum absolute atomic E-state index is 8.88. The van der Waals surface area contributed by atoms with E-state index in [1.807, 2.05) is 18.2 Å². The van der Waals surface area contributed by atoms with Gasteiger partial charge in [0.1, 0.15) is 5.75 Å². The molecule has 0 spiro atoms. The molecule has 1 N–H and O–H groups in total. The van der Waals surface area contributed by atoms with E-state index in [4.69, 9.17) is 5.11 Å². The van der Waals surface area contributed by atoms with Crippen LogP contribution < -0.4 is 0 Å². The first-order valence-electron chi connectivity index (χ1n) is 2.93. The minimum atomic E-state index is 0.288. The molecule has 1 aromatic carbocycles. The van der Waals surface area contributed by atoms with Crippen LogP contribution in [0.5, 0.6) is 5.75 Å². The van der Waals surface area contributed by atoms with Gasteiger partial charge in [0.15, 0.2) is 0 Å². The second-order valence-corrected chi connectivity index (χ2v) is 2.21. The molecule has 0 fully saturated rings. The Morgan fingerprint density at radius 3 is 2.30 bits per heavy atom. The van der Waals surface area contributed by atoms with Gasteiger partial charge < -0.3 is 5.11 Å². The lowest BCUT2D eigenvalue weighted by atomic mass is 10.2. The fourth-order valence-corrected chi connectivity index (χ4v) is 0.844. The topological polar surface area (TPSA) is 20.2 Å². The van der Waals surface area contributed by atoms with Crippen molar-refractivity contribution in [1.82, 2.24) is 0 Å². The van der Waals surface area contributed by atoms with Crippen LogP contribution in [-0.4, -0.2) is 5.11 Å². The van der Waals surface area contributed by atoms with Crippen molar-refractivity contribution < 1.29 is 5.11 Å². The second kappa shape index (κ2) is 3.32. The second-order valence-electron chi connectivity index (χ2n) is 1.91. The monoisotopic (exact) mass is 152 g/mol. The molecule has 1 nitrogen and oxygen atoms in total. The summed E-state index contributed by atoms with van der Waals surface area (Å²) >= 11 is 3.91. The Morgan fingerprint density at radius 1 is 1.20 bits per heavy atom. The van der Waals surface area contributed by atoms with Crippen LogP contribution in [0.15, 0.2) is 29.7 Å². The van der Waals surface area contributed by atoms with E-state index in [0.29, 0.717) is 0 Å². The van der Waals surface area contributed by atoms with E-state index >= 15 is 0 Å². The molecule has 0 saturated heterocycles. The molecule has 0 aliphatic heterocycles. The molecule has 1 rings (SSSR count). The third-order valence-corrected chi connectivity index (χ3v) is 1.31. The zero-order chi connectivity index (χ0) is 7.40. The predicted octanol–water partition coefficient (Wildman–Crippen LogP) is 2.29. The highest BCUT2D eigenvalue weighted by atomic mass is 32.1. The predicted molar refractivity (Wildman–Crippen MR) is 46.1 cm³/mol.